The van der Waals surface area contributed by atoms with E-state index in [0.29, 0.717) is 11.4 Å². The van der Waals surface area contributed by atoms with Crippen LogP contribution in [0.2, 0.25) is 0 Å². The van der Waals surface area contributed by atoms with E-state index in [0.717, 1.165) is 4.57 Å². The van der Waals surface area contributed by atoms with E-state index in [1.807, 2.05) is 11.1 Å². The van der Waals surface area contributed by atoms with Crippen molar-refractivity contribution in [1.29, 1.82) is 0 Å². The molecule has 3 rings (SSSR count). The second-order valence-corrected chi connectivity index (χ2v) is 5.25. The summed E-state index contributed by atoms with van der Waals surface area (Å²) < 4.78 is 2.09. The van der Waals surface area contributed by atoms with Gasteiger partial charge in [-0.05, 0) is 19.1 Å². The standard InChI is InChI=1S/C15H14N6O4/c1-8-10(14(24)21(19-8)9-6-4-3-5-7-9)17-18-11-12(22)16-15(25)20(2)13(11)23/h3-7,19,23H,1-2H3,(H,16,22,25). The van der Waals surface area contributed by atoms with Crippen molar-refractivity contribution in [1.82, 2.24) is 19.3 Å². The van der Waals surface area contributed by atoms with Crippen LogP contribution >= 0.6 is 0 Å². The normalized spacial score (nSPS) is 11.3. The van der Waals surface area contributed by atoms with E-state index in [4.69, 9.17) is 0 Å². The minimum absolute atomic E-state index is 0.0171. The van der Waals surface area contributed by atoms with Crippen molar-refractivity contribution in [2.24, 2.45) is 17.3 Å². The van der Waals surface area contributed by atoms with Gasteiger partial charge in [-0.1, -0.05) is 18.2 Å². The molecule has 3 aromatic rings. The third-order valence-corrected chi connectivity index (χ3v) is 3.57. The highest BCUT2D eigenvalue weighted by molar-refractivity contribution is 5.46. The number of hydrogen-bond acceptors (Lipinski definition) is 6. The predicted octanol–water partition coefficient (Wildman–Crippen LogP) is 0.982. The maximum absolute atomic E-state index is 12.5. The molecule has 0 aliphatic heterocycles. The average molecular weight is 342 g/mol. The monoisotopic (exact) mass is 342 g/mol. The van der Waals surface area contributed by atoms with Crippen LogP contribution in [-0.2, 0) is 7.05 Å². The highest BCUT2D eigenvalue weighted by atomic mass is 16.3. The molecule has 10 nitrogen and oxygen atoms in total. The molecule has 2 heterocycles. The molecular formula is C15H14N6O4. The number of para-hydroxylation sites is 1. The Morgan fingerprint density at radius 2 is 1.68 bits per heavy atom. The van der Waals surface area contributed by atoms with E-state index in [1.165, 1.54) is 11.7 Å². The van der Waals surface area contributed by atoms with Gasteiger partial charge in [0.2, 0.25) is 11.6 Å². The molecular weight excluding hydrogens is 328 g/mol. The largest absolute Gasteiger partial charge is 0.493 e. The lowest BCUT2D eigenvalue weighted by molar-refractivity contribution is 0.419. The van der Waals surface area contributed by atoms with Gasteiger partial charge in [-0.25, -0.2) is 9.48 Å². The zero-order valence-electron chi connectivity index (χ0n) is 13.3. The van der Waals surface area contributed by atoms with E-state index in [2.05, 4.69) is 15.3 Å². The summed E-state index contributed by atoms with van der Waals surface area (Å²) >= 11 is 0. The van der Waals surface area contributed by atoms with Gasteiger partial charge >= 0.3 is 5.69 Å². The molecule has 0 radical (unpaired) electrons. The summed E-state index contributed by atoms with van der Waals surface area (Å²) in [5, 5.41) is 20.1. The Bertz CT molecular complexity index is 1130. The number of azo groups is 1. The Morgan fingerprint density at radius 3 is 2.36 bits per heavy atom. The fraction of sp³-hybridized carbons (Fsp3) is 0.133. The Morgan fingerprint density at radius 1 is 1.04 bits per heavy atom. The van der Waals surface area contributed by atoms with Crippen molar-refractivity contribution in [3.63, 3.8) is 0 Å². The van der Waals surface area contributed by atoms with E-state index in [9.17, 15) is 19.5 Å². The van der Waals surface area contributed by atoms with Gasteiger partial charge in [0, 0.05) is 7.05 Å². The van der Waals surface area contributed by atoms with Crippen LogP contribution in [0.5, 0.6) is 5.88 Å². The van der Waals surface area contributed by atoms with E-state index in [-0.39, 0.29) is 5.69 Å². The number of aromatic nitrogens is 4. The first-order valence-corrected chi connectivity index (χ1v) is 7.21. The number of rotatable bonds is 3. The summed E-state index contributed by atoms with van der Waals surface area (Å²) in [6.07, 6.45) is 0. The van der Waals surface area contributed by atoms with E-state index in [1.54, 1.807) is 31.2 Å². The molecule has 10 heteroatoms. The van der Waals surface area contributed by atoms with Crippen LogP contribution in [-0.4, -0.2) is 24.4 Å². The van der Waals surface area contributed by atoms with E-state index >= 15 is 0 Å². The summed E-state index contributed by atoms with van der Waals surface area (Å²) in [7, 11) is 1.26. The van der Waals surface area contributed by atoms with Crippen LogP contribution < -0.4 is 16.8 Å². The van der Waals surface area contributed by atoms with Gasteiger partial charge in [-0.2, -0.15) is 0 Å². The molecule has 0 atom stereocenters. The summed E-state index contributed by atoms with van der Waals surface area (Å²) in [5.74, 6) is -0.644. The van der Waals surface area contributed by atoms with Gasteiger partial charge in [0.25, 0.3) is 11.1 Å². The van der Waals surface area contributed by atoms with Gasteiger partial charge in [0.05, 0.1) is 11.4 Å². The van der Waals surface area contributed by atoms with Crippen molar-refractivity contribution in [3.05, 3.63) is 67.2 Å². The quantitative estimate of drug-likeness (QED) is 0.611. The summed E-state index contributed by atoms with van der Waals surface area (Å²) in [4.78, 5) is 37.6. The van der Waals surface area contributed by atoms with Gasteiger partial charge < -0.3 is 5.11 Å². The maximum atomic E-state index is 12.5. The molecule has 0 bridgehead atoms. The molecule has 0 saturated heterocycles. The number of aromatic hydroxyl groups is 1. The molecule has 128 valence electrons. The smallest absolute Gasteiger partial charge is 0.330 e. The Hall–Kier alpha value is -3.69. The third-order valence-electron chi connectivity index (χ3n) is 3.57. The molecule has 3 N–H and O–H groups in total. The number of aromatic amines is 2. The minimum Gasteiger partial charge on any atom is -0.493 e. The molecule has 0 spiro atoms. The number of aryl methyl sites for hydroxylation is 1. The predicted molar refractivity (Wildman–Crippen MR) is 89.3 cm³/mol. The van der Waals surface area contributed by atoms with Crippen molar-refractivity contribution in [2.45, 2.75) is 6.92 Å². The van der Waals surface area contributed by atoms with Crippen molar-refractivity contribution in [2.75, 3.05) is 0 Å². The molecule has 0 aliphatic rings. The van der Waals surface area contributed by atoms with Crippen molar-refractivity contribution < 1.29 is 5.11 Å². The SMILES string of the molecule is Cc1[nH]n(-c2ccccc2)c(=O)c1N=Nc1c(O)n(C)c(=O)[nH]c1=O. The van der Waals surface area contributed by atoms with Crippen LogP contribution in [0.15, 0.2) is 54.9 Å². The molecule has 0 saturated carbocycles. The van der Waals surface area contributed by atoms with Crippen molar-refractivity contribution >= 4 is 11.4 Å². The summed E-state index contributed by atoms with van der Waals surface area (Å²) in [6.45, 7) is 1.63. The van der Waals surface area contributed by atoms with Gasteiger partial charge in [-0.15, -0.1) is 10.2 Å². The zero-order valence-corrected chi connectivity index (χ0v) is 13.3. The van der Waals surface area contributed by atoms with Gasteiger partial charge in [0.1, 0.15) is 0 Å². The second-order valence-electron chi connectivity index (χ2n) is 5.25. The molecule has 1 aromatic carbocycles. The zero-order chi connectivity index (χ0) is 18.1. The summed E-state index contributed by atoms with van der Waals surface area (Å²) in [6, 6.07) is 8.85. The van der Waals surface area contributed by atoms with Crippen LogP contribution in [0, 0.1) is 6.92 Å². The Labute approximate surface area is 139 Å². The van der Waals surface area contributed by atoms with Crippen molar-refractivity contribution in [3.8, 4) is 11.6 Å². The minimum atomic E-state index is -0.902. The lowest BCUT2D eigenvalue weighted by Crippen LogP contribution is -2.27. The molecule has 0 fully saturated rings. The lowest BCUT2D eigenvalue weighted by atomic mass is 10.3. The number of H-pyrrole nitrogens is 2. The number of nitrogens with one attached hydrogen (secondary N) is 2. The second kappa shape index (κ2) is 6.07. The molecule has 0 aliphatic carbocycles. The van der Waals surface area contributed by atoms with Crippen LogP contribution in [0.25, 0.3) is 5.69 Å². The first-order valence-electron chi connectivity index (χ1n) is 7.21. The molecule has 0 amide bonds. The number of hydrogen-bond donors (Lipinski definition) is 3. The maximum Gasteiger partial charge on any atom is 0.330 e. The highest BCUT2D eigenvalue weighted by Gasteiger charge is 2.14. The number of benzene rings is 1. The lowest BCUT2D eigenvalue weighted by Gasteiger charge is -2.01. The van der Waals surface area contributed by atoms with Gasteiger partial charge in [0.15, 0.2) is 5.69 Å². The fourth-order valence-corrected chi connectivity index (χ4v) is 2.20. The fourth-order valence-electron chi connectivity index (χ4n) is 2.20. The van der Waals surface area contributed by atoms with E-state index < -0.39 is 28.4 Å². The average Bonchev–Trinajstić information content (AvgIpc) is 2.88. The molecule has 2 aromatic heterocycles. The topological polar surface area (TPSA) is 138 Å². The Balaban J connectivity index is 2.09. The first kappa shape index (κ1) is 16.2. The van der Waals surface area contributed by atoms with Crippen LogP contribution in [0.1, 0.15) is 5.69 Å². The molecule has 0 unspecified atom stereocenters. The Kier molecular flexibility index (Phi) is 3.93. The summed E-state index contributed by atoms with van der Waals surface area (Å²) in [5.41, 5.74) is -1.59. The van der Waals surface area contributed by atoms with Gasteiger partial charge in [-0.3, -0.25) is 24.2 Å². The van der Waals surface area contributed by atoms with Crippen LogP contribution in [0.4, 0.5) is 11.4 Å². The molecule has 25 heavy (non-hydrogen) atoms. The third kappa shape index (κ3) is 2.80. The first-order chi connectivity index (χ1) is 11.9. The highest BCUT2D eigenvalue weighted by Crippen LogP contribution is 2.22. The van der Waals surface area contributed by atoms with Crippen LogP contribution in [0.3, 0.4) is 0 Å². The number of nitrogens with zero attached hydrogens (tertiary/aromatic N) is 4.